The lowest BCUT2D eigenvalue weighted by molar-refractivity contribution is 0.415. The molecule has 3 aromatic carbocycles. The lowest BCUT2D eigenvalue weighted by Gasteiger charge is -2.02. The predicted octanol–water partition coefficient (Wildman–Crippen LogP) is 8.58. The smallest absolute Gasteiger partial charge is 0.118 e. The van der Waals surface area contributed by atoms with Gasteiger partial charge >= 0.3 is 0 Å². The van der Waals surface area contributed by atoms with Crippen molar-refractivity contribution in [1.29, 1.82) is 0 Å². The zero-order valence-electron chi connectivity index (χ0n) is 16.6. The van der Waals surface area contributed by atoms with E-state index in [0.29, 0.717) is 0 Å². The Morgan fingerprint density at radius 2 is 1.33 bits per heavy atom. The number of allylic oxidation sites excluding steroid dienone is 2. The monoisotopic (exact) mass is 472 g/mol. The normalized spacial score (nSPS) is 11.4. The molecular formula is C27H21BrOS. The molecule has 0 bridgehead atoms. The summed E-state index contributed by atoms with van der Waals surface area (Å²) in [6, 6.07) is 29.3. The summed E-state index contributed by atoms with van der Waals surface area (Å²) in [5.41, 5.74) is 4.79. The molecule has 4 rings (SSSR count). The minimum Gasteiger partial charge on any atom is -0.497 e. The number of rotatable bonds is 6. The van der Waals surface area contributed by atoms with E-state index in [0.717, 1.165) is 10.2 Å². The van der Waals surface area contributed by atoms with E-state index < -0.39 is 0 Å². The van der Waals surface area contributed by atoms with Crippen LogP contribution in [0.3, 0.4) is 0 Å². The number of halogens is 1. The van der Waals surface area contributed by atoms with E-state index in [-0.39, 0.29) is 0 Å². The number of hydrogen-bond donors (Lipinski definition) is 0. The van der Waals surface area contributed by atoms with Crippen molar-refractivity contribution in [3.8, 4) is 26.6 Å². The molecule has 0 aliphatic rings. The molecule has 1 aromatic heterocycles. The van der Waals surface area contributed by atoms with Gasteiger partial charge in [-0.2, -0.15) is 0 Å². The minimum atomic E-state index is 0.869. The third-order valence-corrected chi connectivity index (χ3v) is 6.84. The van der Waals surface area contributed by atoms with Crippen molar-refractivity contribution >= 4 is 39.4 Å². The van der Waals surface area contributed by atoms with Crippen molar-refractivity contribution in [1.82, 2.24) is 0 Å². The van der Waals surface area contributed by atoms with E-state index in [1.807, 2.05) is 30.3 Å². The van der Waals surface area contributed by atoms with E-state index >= 15 is 0 Å². The van der Waals surface area contributed by atoms with Gasteiger partial charge in [-0.25, -0.2) is 0 Å². The van der Waals surface area contributed by atoms with Crippen LogP contribution in [-0.4, -0.2) is 7.11 Å². The molecule has 0 radical (unpaired) electrons. The van der Waals surface area contributed by atoms with Crippen molar-refractivity contribution in [3.63, 3.8) is 0 Å². The second-order valence-corrected chi connectivity index (χ2v) is 8.67. The van der Waals surface area contributed by atoms with E-state index in [2.05, 4.69) is 94.8 Å². The summed E-state index contributed by atoms with van der Waals surface area (Å²) in [6.07, 6.45) is 8.37. The summed E-state index contributed by atoms with van der Waals surface area (Å²) in [4.78, 5) is 2.47. The van der Waals surface area contributed by atoms with Crippen LogP contribution in [0.2, 0.25) is 0 Å². The Kier molecular flexibility index (Phi) is 6.63. The van der Waals surface area contributed by atoms with Gasteiger partial charge in [0, 0.05) is 14.2 Å². The maximum Gasteiger partial charge on any atom is 0.118 e. The van der Waals surface area contributed by atoms with Crippen LogP contribution in [0.4, 0.5) is 0 Å². The van der Waals surface area contributed by atoms with Crippen molar-refractivity contribution in [3.05, 3.63) is 113 Å². The quantitative estimate of drug-likeness (QED) is 0.255. The number of benzene rings is 3. The first kappa shape index (κ1) is 20.4. The fourth-order valence-corrected chi connectivity index (χ4v) is 5.02. The van der Waals surface area contributed by atoms with Gasteiger partial charge in [0.05, 0.1) is 7.11 Å². The molecule has 0 aliphatic heterocycles. The molecule has 0 saturated carbocycles. The minimum absolute atomic E-state index is 0.869. The van der Waals surface area contributed by atoms with E-state index in [9.17, 15) is 0 Å². The third-order valence-electron chi connectivity index (χ3n) is 4.72. The van der Waals surface area contributed by atoms with Crippen LogP contribution >= 0.6 is 27.3 Å². The fourth-order valence-electron chi connectivity index (χ4n) is 3.11. The van der Waals surface area contributed by atoms with Gasteiger partial charge in [0.15, 0.2) is 0 Å². The molecule has 0 amide bonds. The summed E-state index contributed by atoms with van der Waals surface area (Å²) in [5, 5.41) is 0. The molecule has 3 heteroatoms. The summed E-state index contributed by atoms with van der Waals surface area (Å²) >= 11 is 5.51. The highest BCUT2D eigenvalue weighted by atomic mass is 79.9. The van der Waals surface area contributed by atoms with Gasteiger partial charge in [0.1, 0.15) is 5.75 Å². The van der Waals surface area contributed by atoms with Gasteiger partial charge in [-0.1, -0.05) is 78.9 Å². The molecule has 0 unspecified atom stereocenters. The molecule has 0 atom stereocenters. The molecule has 0 saturated heterocycles. The zero-order valence-corrected chi connectivity index (χ0v) is 19.0. The van der Waals surface area contributed by atoms with Gasteiger partial charge in [0.25, 0.3) is 0 Å². The van der Waals surface area contributed by atoms with Crippen LogP contribution in [0, 0.1) is 0 Å². The maximum atomic E-state index is 5.26. The summed E-state index contributed by atoms with van der Waals surface area (Å²) < 4.78 is 6.37. The second kappa shape index (κ2) is 9.75. The number of hydrogen-bond acceptors (Lipinski definition) is 2. The molecule has 4 aromatic rings. The molecule has 1 nitrogen and oxygen atoms in total. The molecule has 0 fully saturated rings. The van der Waals surface area contributed by atoms with Crippen LogP contribution in [0.1, 0.15) is 11.1 Å². The molecule has 148 valence electrons. The SMILES string of the molecule is COc1ccc(-c2sc(-c3ccc(/C=C/C=C/c4ccccc4)cc3)cc2Br)cc1. The largest absolute Gasteiger partial charge is 0.497 e. The van der Waals surface area contributed by atoms with Crippen molar-refractivity contribution in [2.24, 2.45) is 0 Å². The summed E-state index contributed by atoms with van der Waals surface area (Å²) in [7, 11) is 1.69. The molecule has 30 heavy (non-hydrogen) atoms. The molecule has 1 heterocycles. The first-order valence-corrected chi connectivity index (χ1v) is 11.3. The van der Waals surface area contributed by atoms with Crippen LogP contribution in [0.5, 0.6) is 5.75 Å². The van der Waals surface area contributed by atoms with Crippen LogP contribution in [0.25, 0.3) is 33.0 Å². The topological polar surface area (TPSA) is 9.23 Å². The Morgan fingerprint density at radius 3 is 1.97 bits per heavy atom. The Morgan fingerprint density at radius 1 is 0.733 bits per heavy atom. The molecule has 0 spiro atoms. The predicted molar refractivity (Wildman–Crippen MR) is 134 cm³/mol. The molecule has 0 aliphatic carbocycles. The zero-order chi connectivity index (χ0) is 20.8. The van der Waals surface area contributed by atoms with Gasteiger partial charge in [0.2, 0.25) is 0 Å². The summed E-state index contributed by atoms with van der Waals surface area (Å²) in [6.45, 7) is 0. The highest BCUT2D eigenvalue weighted by molar-refractivity contribution is 9.10. The highest BCUT2D eigenvalue weighted by Gasteiger charge is 2.10. The Hall–Kier alpha value is -2.88. The van der Waals surface area contributed by atoms with Gasteiger partial charge in [-0.3, -0.25) is 0 Å². The van der Waals surface area contributed by atoms with Gasteiger partial charge < -0.3 is 4.74 Å². The number of methoxy groups -OCH3 is 1. The first-order valence-electron chi connectivity index (χ1n) is 9.67. The van der Waals surface area contributed by atoms with Crippen molar-refractivity contribution in [2.45, 2.75) is 0 Å². The number of ether oxygens (including phenoxy) is 1. The van der Waals surface area contributed by atoms with E-state index in [4.69, 9.17) is 4.74 Å². The molecular weight excluding hydrogens is 452 g/mol. The van der Waals surface area contributed by atoms with Crippen LogP contribution in [0.15, 0.2) is 102 Å². The first-order chi connectivity index (χ1) is 14.7. The molecule has 0 N–H and O–H groups in total. The third kappa shape index (κ3) is 4.99. The number of thiophene rings is 1. The Bertz CT molecular complexity index is 1150. The van der Waals surface area contributed by atoms with Gasteiger partial charge in [-0.05, 0) is 68.5 Å². The second-order valence-electron chi connectivity index (χ2n) is 6.77. The van der Waals surface area contributed by atoms with Crippen LogP contribution in [-0.2, 0) is 0 Å². The van der Waals surface area contributed by atoms with Gasteiger partial charge in [-0.15, -0.1) is 11.3 Å². The average molecular weight is 473 g/mol. The highest BCUT2D eigenvalue weighted by Crippen LogP contribution is 2.41. The summed E-state index contributed by atoms with van der Waals surface area (Å²) in [5.74, 6) is 0.869. The average Bonchev–Trinajstić information content (AvgIpc) is 3.19. The Balaban J connectivity index is 1.47. The van der Waals surface area contributed by atoms with Crippen molar-refractivity contribution in [2.75, 3.05) is 7.11 Å². The standard InChI is InChI=1S/C27H21BrOS/c1-29-24-17-15-23(16-18-24)27-25(28)19-26(30-27)22-13-11-21(12-14-22)10-6-5-9-20-7-3-2-4-8-20/h2-19H,1H3/b9-5+,10-6+. The lowest BCUT2D eigenvalue weighted by Crippen LogP contribution is -1.81. The maximum absolute atomic E-state index is 5.26. The Labute approximate surface area is 190 Å². The van der Waals surface area contributed by atoms with E-state index in [1.54, 1.807) is 18.4 Å². The van der Waals surface area contributed by atoms with Crippen LogP contribution < -0.4 is 4.74 Å². The van der Waals surface area contributed by atoms with Crippen molar-refractivity contribution < 1.29 is 4.74 Å². The lowest BCUT2D eigenvalue weighted by atomic mass is 10.1. The fraction of sp³-hybridized carbons (Fsp3) is 0.0370. The van der Waals surface area contributed by atoms with E-state index in [1.165, 1.54) is 32.0 Å².